The van der Waals surface area contributed by atoms with Crippen molar-refractivity contribution in [3.8, 4) is 0 Å². The first-order valence-electron chi connectivity index (χ1n) is 9.09. The fraction of sp³-hybridized carbons (Fsp3) is 0.824. The molecule has 0 radical (unpaired) electrons. The Balaban J connectivity index is 2.63. The van der Waals surface area contributed by atoms with Crippen molar-refractivity contribution in [2.24, 2.45) is 5.92 Å². The van der Waals surface area contributed by atoms with Crippen LogP contribution in [0.1, 0.15) is 58.8 Å². The standard InChI is InChI=1S/C17H31N3O5/c1-3-4-5-7-13(10-15(22)19-25)16(23)18-12(2)17(24)20-9-6-8-14(20)11-21/h12-14,21,25H,3-11H2,1-2H3,(H,18,23)(H,19,22)/t12-,13+,14-/m0/s1. The van der Waals surface area contributed by atoms with Gasteiger partial charge in [-0.15, -0.1) is 0 Å². The predicted octanol–water partition coefficient (Wildman–Crippen LogP) is 0.566. The van der Waals surface area contributed by atoms with E-state index in [1.807, 2.05) is 6.92 Å². The number of amides is 3. The molecule has 1 aliphatic rings. The molecule has 1 aliphatic heterocycles. The number of nitrogens with zero attached hydrogens (tertiary/aromatic N) is 1. The van der Waals surface area contributed by atoms with Crippen LogP contribution in [0.15, 0.2) is 0 Å². The normalized spacial score (nSPS) is 19.4. The van der Waals surface area contributed by atoms with Gasteiger partial charge in [-0.1, -0.05) is 26.2 Å². The van der Waals surface area contributed by atoms with Gasteiger partial charge in [0.15, 0.2) is 0 Å². The van der Waals surface area contributed by atoms with Crippen LogP contribution in [0.25, 0.3) is 0 Å². The quantitative estimate of drug-likeness (QED) is 0.259. The summed E-state index contributed by atoms with van der Waals surface area (Å²) in [6.45, 7) is 4.16. The number of likely N-dealkylation sites (tertiary alicyclic amines) is 1. The van der Waals surface area contributed by atoms with Gasteiger partial charge < -0.3 is 15.3 Å². The molecule has 8 heteroatoms. The lowest BCUT2D eigenvalue weighted by Gasteiger charge is -2.27. The number of hydroxylamine groups is 1. The molecular formula is C17H31N3O5. The topological polar surface area (TPSA) is 119 Å². The smallest absolute Gasteiger partial charge is 0.245 e. The van der Waals surface area contributed by atoms with Crippen LogP contribution in [0.3, 0.4) is 0 Å². The first-order chi connectivity index (χ1) is 11.9. The Hall–Kier alpha value is -1.67. The van der Waals surface area contributed by atoms with E-state index in [2.05, 4.69) is 5.32 Å². The summed E-state index contributed by atoms with van der Waals surface area (Å²) < 4.78 is 0. The summed E-state index contributed by atoms with van der Waals surface area (Å²) in [5, 5.41) is 20.7. The van der Waals surface area contributed by atoms with Crippen LogP contribution in [0.4, 0.5) is 0 Å². The lowest BCUT2D eigenvalue weighted by atomic mass is 9.96. The van der Waals surface area contributed by atoms with Crippen molar-refractivity contribution < 1.29 is 24.7 Å². The number of nitrogens with one attached hydrogen (secondary N) is 2. The summed E-state index contributed by atoms with van der Waals surface area (Å²) in [5.41, 5.74) is 1.55. The van der Waals surface area contributed by atoms with E-state index in [1.165, 1.54) is 0 Å². The molecule has 0 aromatic rings. The van der Waals surface area contributed by atoms with E-state index in [-0.39, 0.29) is 30.9 Å². The number of carbonyl (C=O) groups excluding carboxylic acids is 3. The minimum atomic E-state index is -0.717. The van der Waals surface area contributed by atoms with Gasteiger partial charge in [-0.05, 0) is 26.2 Å². The minimum absolute atomic E-state index is 0.0806. The Kier molecular flexibility index (Phi) is 9.44. The van der Waals surface area contributed by atoms with Gasteiger partial charge in [-0.3, -0.25) is 19.6 Å². The second kappa shape index (κ2) is 11.0. The van der Waals surface area contributed by atoms with E-state index in [1.54, 1.807) is 17.3 Å². The minimum Gasteiger partial charge on any atom is -0.394 e. The Labute approximate surface area is 148 Å². The number of aliphatic hydroxyl groups excluding tert-OH is 1. The van der Waals surface area contributed by atoms with E-state index in [0.29, 0.717) is 13.0 Å². The number of rotatable bonds is 10. The number of hydrogen-bond acceptors (Lipinski definition) is 5. The van der Waals surface area contributed by atoms with Crippen LogP contribution in [0.2, 0.25) is 0 Å². The molecule has 0 bridgehead atoms. The van der Waals surface area contributed by atoms with E-state index >= 15 is 0 Å². The average Bonchev–Trinajstić information content (AvgIpc) is 3.08. The molecule has 0 spiro atoms. The second-order valence-electron chi connectivity index (χ2n) is 6.67. The summed E-state index contributed by atoms with van der Waals surface area (Å²) in [7, 11) is 0. The molecule has 0 aromatic heterocycles. The molecule has 3 amide bonds. The Morgan fingerprint density at radius 1 is 1.28 bits per heavy atom. The zero-order valence-electron chi connectivity index (χ0n) is 15.2. The maximum Gasteiger partial charge on any atom is 0.245 e. The molecular weight excluding hydrogens is 326 g/mol. The Morgan fingerprint density at radius 3 is 2.60 bits per heavy atom. The lowest BCUT2D eigenvalue weighted by Crippen LogP contribution is -2.50. The van der Waals surface area contributed by atoms with Crippen molar-refractivity contribution in [3.05, 3.63) is 0 Å². The van der Waals surface area contributed by atoms with Gasteiger partial charge in [0, 0.05) is 18.9 Å². The average molecular weight is 357 g/mol. The molecule has 144 valence electrons. The molecule has 4 N–H and O–H groups in total. The summed E-state index contributed by atoms with van der Waals surface area (Å²) in [4.78, 5) is 38.0. The van der Waals surface area contributed by atoms with E-state index in [4.69, 9.17) is 5.21 Å². The van der Waals surface area contributed by atoms with Gasteiger partial charge in [-0.2, -0.15) is 0 Å². The largest absolute Gasteiger partial charge is 0.394 e. The summed E-state index contributed by atoms with van der Waals surface area (Å²) >= 11 is 0. The van der Waals surface area contributed by atoms with Crippen LogP contribution < -0.4 is 10.8 Å². The van der Waals surface area contributed by atoms with Crippen molar-refractivity contribution in [2.45, 2.75) is 70.9 Å². The highest BCUT2D eigenvalue weighted by Gasteiger charge is 2.32. The second-order valence-corrected chi connectivity index (χ2v) is 6.67. The molecule has 8 nitrogen and oxygen atoms in total. The zero-order chi connectivity index (χ0) is 18.8. The third-order valence-electron chi connectivity index (χ3n) is 4.68. The molecule has 25 heavy (non-hydrogen) atoms. The molecule has 1 rings (SSSR count). The first kappa shape index (κ1) is 21.4. The van der Waals surface area contributed by atoms with Gasteiger partial charge in [0.05, 0.1) is 12.6 Å². The number of carbonyl (C=O) groups is 3. The van der Waals surface area contributed by atoms with Crippen molar-refractivity contribution in [3.63, 3.8) is 0 Å². The predicted molar refractivity (Wildman–Crippen MR) is 91.6 cm³/mol. The number of unbranched alkanes of at least 4 members (excludes halogenated alkanes) is 2. The lowest BCUT2D eigenvalue weighted by molar-refractivity contribution is -0.139. The van der Waals surface area contributed by atoms with E-state index in [0.717, 1.165) is 32.1 Å². The van der Waals surface area contributed by atoms with Crippen LogP contribution in [-0.4, -0.2) is 58.2 Å². The highest BCUT2D eigenvalue weighted by molar-refractivity contribution is 5.90. The summed E-state index contributed by atoms with van der Waals surface area (Å²) in [6.07, 6.45) is 4.76. The summed E-state index contributed by atoms with van der Waals surface area (Å²) in [5.74, 6) is -1.78. The monoisotopic (exact) mass is 357 g/mol. The van der Waals surface area contributed by atoms with Gasteiger partial charge >= 0.3 is 0 Å². The first-order valence-corrected chi connectivity index (χ1v) is 9.09. The maximum atomic E-state index is 12.5. The number of aliphatic hydroxyl groups is 1. The van der Waals surface area contributed by atoms with Gasteiger partial charge in [0.2, 0.25) is 17.7 Å². The van der Waals surface area contributed by atoms with Crippen molar-refractivity contribution >= 4 is 17.7 Å². The fourth-order valence-corrected chi connectivity index (χ4v) is 3.19. The van der Waals surface area contributed by atoms with Crippen molar-refractivity contribution in [1.29, 1.82) is 0 Å². The van der Waals surface area contributed by atoms with Gasteiger partial charge in [0.25, 0.3) is 0 Å². The Bertz CT molecular complexity index is 458. The van der Waals surface area contributed by atoms with Crippen LogP contribution in [-0.2, 0) is 14.4 Å². The SMILES string of the molecule is CCCCC[C@H](CC(=O)NO)C(=O)N[C@@H](C)C(=O)N1CCC[C@H]1CO. The highest BCUT2D eigenvalue weighted by atomic mass is 16.5. The highest BCUT2D eigenvalue weighted by Crippen LogP contribution is 2.19. The Morgan fingerprint density at radius 2 is 2.00 bits per heavy atom. The maximum absolute atomic E-state index is 12.5. The number of hydrogen-bond donors (Lipinski definition) is 4. The summed E-state index contributed by atoms with van der Waals surface area (Å²) in [6, 6.07) is -0.905. The van der Waals surface area contributed by atoms with Crippen LogP contribution in [0, 0.1) is 5.92 Å². The van der Waals surface area contributed by atoms with Crippen LogP contribution in [0.5, 0.6) is 0 Å². The third-order valence-corrected chi connectivity index (χ3v) is 4.68. The van der Waals surface area contributed by atoms with Crippen LogP contribution >= 0.6 is 0 Å². The molecule has 0 aromatic carbocycles. The van der Waals surface area contributed by atoms with Gasteiger partial charge in [0.1, 0.15) is 6.04 Å². The van der Waals surface area contributed by atoms with Gasteiger partial charge in [-0.25, -0.2) is 5.48 Å². The zero-order valence-corrected chi connectivity index (χ0v) is 15.2. The molecule has 1 saturated heterocycles. The van der Waals surface area contributed by atoms with Crippen molar-refractivity contribution in [1.82, 2.24) is 15.7 Å². The molecule has 0 aliphatic carbocycles. The third kappa shape index (κ3) is 6.62. The fourth-order valence-electron chi connectivity index (χ4n) is 3.19. The molecule has 1 fully saturated rings. The van der Waals surface area contributed by atoms with E-state index in [9.17, 15) is 19.5 Å². The van der Waals surface area contributed by atoms with E-state index < -0.39 is 17.9 Å². The molecule has 0 saturated carbocycles. The van der Waals surface area contributed by atoms with Crippen molar-refractivity contribution in [2.75, 3.05) is 13.2 Å². The molecule has 1 heterocycles. The molecule has 3 atom stereocenters. The molecule has 0 unspecified atom stereocenters.